The molecule has 0 radical (unpaired) electrons. The van der Waals surface area contributed by atoms with Crippen molar-refractivity contribution >= 4 is 11.7 Å². The van der Waals surface area contributed by atoms with E-state index in [-0.39, 0.29) is 12.1 Å². The van der Waals surface area contributed by atoms with Gasteiger partial charge in [0.15, 0.2) is 0 Å². The Morgan fingerprint density at radius 3 is 2.75 bits per heavy atom. The van der Waals surface area contributed by atoms with Crippen molar-refractivity contribution in [3.05, 3.63) is 48.6 Å². The minimum absolute atomic E-state index is 0.0120. The Labute approximate surface area is 92.2 Å². The lowest BCUT2D eigenvalue weighted by Crippen LogP contribution is -2.38. The highest BCUT2D eigenvalue weighted by Crippen LogP contribution is 2.30. The van der Waals surface area contributed by atoms with Gasteiger partial charge in [-0.25, -0.2) is 9.18 Å². The summed E-state index contributed by atoms with van der Waals surface area (Å²) in [6.45, 7) is 3.43. The van der Waals surface area contributed by atoms with Crippen LogP contribution in [0.15, 0.2) is 48.1 Å². The first-order valence-electron chi connectivity index (χ1n) is 4.83. The molecule has 0 saturated heterocycles. The van der Waals surface area contributed by atoms with E-state index in [0.717, 1.165) is 0 Å². The van der Waals surface area contributed by atoms with Crippen LogP contribution in [0.2, 0.25) is 0 Å². The lowest BCUT2D eigenvalue weighted by molar-refractivity contribution is -0.149. The predicted octanol–water partition coefficient (Wildman–Crippen LogP) is 2.23. The molecular formula is C12H10FNO2. The number of benzene rings is 1. The molecule has 1 atom stereocenters. The molecule has 3 nitrogen and oxygen atoms in total. The summed E-state index contributed by atoms with van der Waals surface area (Å²) < 4.78 is 14.4. The summed E-state index contributed by atoms with van der Waals surface area (Å²) in [5.41, 5.74) is -1.65. The lowest BCUT2D eigenvalue weighted by atomic mass is 9.91. The Morgan fingerprint density at radius 1 is 1.44 bits per heavy atom. The molecule has 0 aliphatic carbocycles. The van der Waals surface area contributed by atoms with Crippen molar-refractivity contribution in [3.63, 3.8) is 0 Å². The van der Waals surface area contributed by atoms with Crippen LogP contribution in [0, 0.1) is 0 Å². The summed E-state index contributed by atoms with van der Waals surface area (Å²) in [5.74, 6) is -0.980. The molecule has 1 aromatic carbocycles. The molecule has 0 aromatic heterocycles. The Kier molecular flexibility index (Phi) is 2.56. The van der Waals surface area contributed by atoms with Gasteiger partial charge in [0.05, 0.1) is 0 Å². The molecule has 0 N–H and O–H groups in total. The number of carbonyl (C=O) groups is 1. The molecule has 1 aromatic rings. The Balaban J connectivity index is 2.42. The van der Waals surface area contributed by atoms with Gasteiger partial charge in [0.1, 0.15) is 5.71 Å². The summed E-state index contributed by atoms with van der Waals surface area (Å²) in [4.78, 5) is 15.7. The van der Waals surface area contributed by atoms with E-state index in [4.69, 9.17) is 0 Å². The van der Waals surface area contributed by atoms with Crippen molar-refractivity contribution in [2.24, 2.45) is 5.16 Å². The normalized spacial score (nSPS) is 23.8. The average molecular weight is 219 g/mol. The topological polar surface area (TPSA) is 38.7 Å². The van der Waals surface area contributed by atoms with Gasteiger partial charge >= 0.3 is 5.97 Å². The highest BCUT2D eigenvalue weighted by atomic mass is 19.1. The third kappa shape index (κ3) is 1.52. The van der Waals surface area contributed by atoms with Gasteiger partial charge in [0.2, 0.25) is 0 Å². The van der Waals surface area contributed by atoms with Gasteiger partial charge in [0.25, 0.3) is 5.67 Å². The Hall–Kier alpha value is -1.97. The fraction of sp³-hybridized carbons (Fsp3) is 0.167. The first-order chi connectivity index (χ1) is 7.68. The van der Waals surface area contributed by atoms with Crippen LogP contribution in [0.3, 0.4) is 0 Å². The van der Waals surface area contributed by atoms with Crippen LogP contribution in [-0.2, 0) is 9.63 Å². The number of nitrogens with zero attached hydrogens (tertiary/aromatic N) is 1. The van der Waals surface area contributed by atoms with E-state index in [1.807, 2.05) is 0 Å². The largest absolute Gasteiger partial charge is 0.378 e. The molecule has 16 heavy (non-hydrogen) atoms. The Morgan fingerprint density at radius 2 is 2.12 bits per heavy atom. The first-order valence-corrected chi connectivity index (χ1v) is 4.83. The second-order valence-corrected chi connectivity index (χ2v) is 3.48. The first kappa shape index (κ1) is 10.5. The van der Waals surface area contributed by atoms with E-state index >= 15 is 0 Å². The SMILES string of the molecule is C=CCC1(F)C(=O)ON=C1c1ccccc1. The van der Waals surface area contributed by atoms with Gasteiger partial charge < -0.3 is 4.84 Å². The third-order valence-corrected chi connectivity index (χ3v) is 2.39. The molecule has 0 spiro atoms. The molecule has 1 unspecified atom stereocenters. The second-order valence-electron chi connectivity index (χ2n) is 3.48. The minimum Gasteiger partial charge on any atom is -0.314 e. The molecule has 1 aliphatic heterocycles. The van der Waals surface area contributed by atoms with Crippen LogP contribution < -0.4 is 0 Å². The molecule has 0 saturated carbocycles. The number of allylic oxidation sites excluding steroid dienone is 1. The van der Waals surface area contributed by atoms with Gasteiger partial charge in [-0.2, -0.15) is 0 Å². The van der Waals surface area contributed by atoms with Gasteiger partial charge in [-0.3, -0.25) is 0 Å². The van der Waals surface area contributed by atoms with E-state index < -0.39 is 11.6 Å². The van der Waals surface area contributed by atoms with Crippen molar-refractivity contribution < 1.29 is 14.0 Å². The fourth-order valence-electron chi connectivity index (χ4n) is 1.58. The van der Waals surface area contributed by atoms with Gasteiger partial charge in [-0.15, -0.1) is 6.58 Å². The van der Waals surface area contributed by atoms with Gasteiger partial charge in [0, 0.05) is 12.0 Å². The minimum atomic E-state index is -2.21. The maximum absolute atomic E-state index is 14.4. The molecule has 0 fully saturated rings. The monoisotopic (exact) mass is 219 g/mol. The van der Waals surface area contributed by atoms with Crippen LogP contribution in [0.1, 0.15) is 12.0 Å². The number of hydrogen-bond acceptors (Lipinski definition) is 3. The smallest absolute Gasteiger partial charge is 0.314 e. The molecule has 0 amide bonds. The average Bonchev–Trinajstić information content (AvgIpc) is 2.58. The summed E-state index contributed by atoms with van der Waals surface area (Å²) in [5, 5.41) is 3.50. The van der Waals surface area contributed by atoms with Crippen molar-refractivity contribution in [3.8, 4) is 0 Å². The van der Waals surface area contributed by atoms with Crippen molar-refractivity contribution in [1.82, 2.24) is 0 Å². The molecule has 82 valence electrons. The van der Waals surface area contributed by atoms with Gasteiger partial charge in [-0.05, 0) is 0 Å². The van der Waals surface area contributed by atoms with E-state index in [0.29, 0.717) is 5.56 Å². The molecular weight excluding hydrogens is 209 g/mol. The summed E-state index contributed by atoms with van der Waals surface area (Å²) in [7, 11) is 0. The van der Waals surface area contributed by atoms with Gasteiger partial charge in [-0.1, -0.05) is 41.6 Å². The van der Waals surface area contributed by atoms with E-state index in [1.165, 1.54) is 6.08 Å². The van der Waals surface area contributed by atoms with Crippen LogP contribution in [-0.4, -0.2) is 17.3 Å². The zero-order chi connectivity index (χ0) is 11.6. The van der Waals surface area contributed by atoms with Crippen LogP contribution in [0.4, 0.5) is 4.39 Å². The zero-order valence-corrected chi connectivity index (χ0v) is 8.52. The maximum Gasteiger partial charge on any atom is 0.378 e. The number of rotatable bonds is 3. The summed E-state index contributed by atoms with van der Waals surface area (Å²) in [6, 6.07) is 8.65. The highest BCUT2D eigenvalue weighted by molar-refractivity contribution is 6.20. The van der Waals surface area contributed by atoms with Crippen molar-refractivity contribution in [2.75, 3.05) is 0 Å². The number of carbonyl (C=O) groups excluding carboxylic acids is 1. The van der Waals surface area contributed by atoms with Crippen LogP contribution >= 0.6 is 0 Å². The van der Waals surface area contributed by atoms with Crippen LogP contribution in [0.5, 0.6) is 0 Å². The fourth-order valence-corrected chi connectivity index (χ4v) is 1.58. The predicted molar refractivity (Wildman–Crippen MR) is 57.7 cm³/mol. The third-order valence-electron chi connectivity index (χ3n) is 2.39. The molecule has 0 bridgehead atoms. The number of alkyl halides is 1. The van der Waals surface area contributed by atoms with Crippen molar-refractivity contribution in [2.45, 2.75) is 12.1 Å². The summed E-state index contributed by atoms with van der Waals surface area (Å²) >= 11 is 0. The van der Waals surface area contributed by atoms with Crippen LogP contribution in [0.25, 0.3) is 0 Å². The maximum atomic E-state index is 14.4. The summed E-state index contributed by atoms with van der Waals surface area (Å²) in [6.07, 6.45) is 1.20. The highest BCUT2D eigenvalue weighted by Gasteiger charge is 2.50. The molecule has 1 aliphatic rings. The second kappa shape index (κ2) is 3.89. The number of oxime groups is 1. The Bertz CT molecular complexity index is 455. The molecule has 1 heterocycles. The molecule has 2 rings (SSSR count). The van der Waals surface area contributed by atoms with E-state index in [2.05, 4.69) is 16.6 Å². The number of halogens is 1. The van der Waals surface area contributed by atoms with E-state index in [9.17, 15) is 9.18 Å². The molecule has 4 heteroatoms. The van der Waals surface area contributed by atoms with Crippen molar-refractivity contribution in [1.29, 1.82) is 0 Å². The quantitative estimate of drug-likeness (QED) is 0.577. The lowest BCUT2D eigenvalue weighted by Gasteiger charge is -2.14. The standard InChI is InChI=1S/C12H10FNO2/c1-2-8-12(13)10(14-16-11(12)15)9-6-4-3-5-7-9/h2-7H,1,8H2. The van der Waals surface area contributed by atoms with E-state index in [1.54, 1.807) is 30.3 Å². The number of hydrogen-bond donors (Lipinski definition) is 0. The zero-order valence-electron chi connectivity index (χ0n) is 8.52.